The zero-order chi connectivity index (χ0) is 17.8. The highest BCUT2D eigenvalue weighted by atomic mass is 16.5. The molecule has 7 nitrogen and oxygen atoms in total. The van der Waals surface area contributed by atoms with E-state index >= 15 is 0 Å². The molecule has 2 aliphatic heterocycles. The van der Waals surface area contributed by atoms with Gasteiger partial charge in [0, 0.05) is 26.2 Å². The fourth-order valence-electron chi connectivity index (χ4n) is 3.71. The average molecular weight is 346 g/mol. The molecule has 25 heavy (non-hydrogen) atoms. The van der Waals surface area contributed by atoms with E-state index in [-0.39, 0.29) is 23.7 Å². The SMILES string of the molecule is COC(=O)C1CCN(C(=O)C2CCCN(c3ccc(C)nn3)C2)CC1. The van der Waals surface area contributed by atoms with E-state index in [9.17, 15) is 9.59 Å². The summed E-state index contributed by atoms with van der Waals surface area (Å²) in [6.45, 7) is 4.79. The summed E-state index contributed by atoms with van der Waals surface area (Å²) in [5.41, 5.74) is 0.891. The van der Waals surface area contributed by atoms with Crippen LogP contribution in [0, 0.1) is 18.8 Å². The van der Waals surface area contributed by atoms with E-state index in [2.05, 4.69) is 15.1 Å². The number of methoxy groups -OCH3 is 1. The standard InChI is InChI=1S/C18H26N4O3/c1-13-5-6-16(20-19-13)22-9-3-4-15(12-22)17(23)21-10-7-14(8-11-21)18(24)25-2/h5-6,14-15H,3-4,7-12H2,1-2H3. The van der Waals surface area contributed by atoms with E-state index in [4.69, 9.17) is 4.74 Å². The normalized spacial score (nSPS) is 21.9. The molecule has 1 atom stereocenters. The summed E-state index contributed by atoms with van der Waals surface area (Å²) >= 11 is 0. The number of piperidine rings is 2. The number of nitrogens with zero attached hydrogens (tertiary/aromatic N) is 4. The van der Waals surface area contributed by atoms with Crippen LogP contribution in [-0.2, 0) is 14.3 Å². The first-order chi connectivity index (χ1) is 12.1. The summed E-state index contributed by atoms with van der Waals surface area (Å²) in [4.78, 5) is 28.6. The maximum absolute atomic E-state index is 12.9. The molecule has 7 heteroatoms. The third-order valence-corrected chi connectivity index (χ3v) is 5.22. The number of rotatable bonds is 3. The number of ether oxygens (including phenoxy) is 1. The summed E-state index contributed by atoms with van der Waals surface area (Å²) in [5, 5.41) is 8.36. The third-order valence-electron chi connectivity index (χ3n) is 5.22. The molecule has 136 valence electrons. The average Bonchev–Trinajstić information content (AvgIpc) is 2.67. The Kier molecular flexibility index (Phi) is 5.50. The number of hydrogen-bond donors (Lipinski definition) is 0. The van der Waals surface area contributed by atoms with Crippen LogP contribution in [0.2, 0.25) is 0 Å². The van der Waals surface area contributed by atoms with E-state index < -0.39 is 0 Å². The molecule has 0 spiro atoms. The van der Waals surface area contributed by atoms with Gasteiger partial charge in [0.1, 0.15) is 0 Å². The molecule has 2 aliphatic rings. The van der Waals surface area contributed by atoms with E-state index in [1.165, 1.54) is 7.11 Å². The Morgan fingerprint density at radius 1 is 1.08 bits per heavy atom. The van der Waals surface area contributed by atoms with Crippen LogP contribution in [0.1, 0.15) is 31.4 Å². The van der Waals surface area contributed by atoms with Crippen LogP contribution in [0.5, 0.6) is 0 Å². The monoisotopic (exact) mass is 346 g/mol. The van der Waals surface area contributed by atoms with Gasteiger partial charge in [-0.15, -0.1) is 5.10 Å². The smallest absolute Gasteiger partial charge is 0.308 e. The van der Waals surface area contributed by atoms with Gasteiger partial charge < -0.3 is 14.5 Å². The highest BCUT2D eigenvalue weighted by molar-refractivity contribution is 5.80. The fourth-order valence-corrected chi connectivity index (χ4v) is 3.71. The van der Waals surface area contributed by atoms with Crippen molar-refractivity contribution in [3.8, 4) is 0 Å². The van der Waals surface area contributed by atoms with Crippen LogP contribution in [0.3, 0.4) is 0 Å². The van der Waals surface area contributed by atoms with Crippen molar-refractivity contribution in [1.82, 2.24) is 15.1 Å². The molecule has 3 rings (SSSR count). The van der Waals surface area contributed by atoms with Crippen LogP contribution >= 0.6 is 0 Å². The van der Waals surface area contributed by atoms with Gasteiger partial charge in [-0.3, -0.25) is 9.59 Å². The van der Waals surface area contributed by atoms with E-state index in [0.29, 0.717) is 32.5 Å². The Hall–Kier alpha value is -2.18. The lowest BCUT2D eigenvalue weighted by Gasteiger charge is -2.37. The van der Waals surface area contributed by atoms with Crippen molar-refractivity contribution in [3.63, 3.8) is 0 Å². The van der Waals surface area contributed by atoms with Gasteiger partial charge in [0.05, 0.1) is 24.6 Å². The van der Waals surface area contributed by atoms with Crippen LogP contribution in [0.25, 0.3) is 0 Å². The molecule has 0 saturated carbocycles. The zero-order valence-electron chi connectivity index (χ0n) is 15.0. The van der Waals surface area contributed by atoms with Crippen LogP contribution in [-0.4, -0.2) is 60.3 Å². The largest absolute Gasteiger partial charge is 0.469 e. The molecule has 0 radical (unpaired) electrons. The summed E-state index contributed by atoms with van der Waals surface area (Å²) in [6.07, 6.45) is 3.27. The van der Waals surface area contributed by atoms with Crippen molar-refractivity contribution < 1.29 is 14.3 Å². The minimum atomic E-state index is -0.158. The van der Waals surface area contributed by atoms with Crippen LogP contribution < -0.4 is 4.90 Å². The lowest BCUT2D eigenvalue weighted by molar-refractivity contribution is -0.149. The number of aryl methyl sites for hydroxylation is 1. The van der Waals surface area contributed by atoms with Gasteiger partial charge >= 0.3 is 5.97 Å². The van der Waals surface area contributed by atoms with Gasteiger partial charge in [0.2, 0.25) is 5.91 Å². The van der Waals surface area contributed by atoms with Crippen molar-refractivity contribution in [2.45, 2.75) is 32.6 Å². The molecule has 1 aromatic rings. The molecule has 0 bridgehead atoms. The molecule has 0 aromatic carbocycles. The first kappa shape index (κ1) is 17.6. The zero-order valence-corrected chi connectivity index (χ0v) is 15.0. The summed E-state index contributed by atoms with van der Waals surface area (Å²) in [5.74, 6) is 0.806. The molecule has 1 amide bonds. The number of likely N-dealkylation sites (tertiary alicyclic amines) is 1. The molecule has 1 unspecified atom stereocenters. The number of hydrogen-bond acceptors (Lipinski definition) is 6. The molecule has 2 fully saturated rings. The Balaban J connectivity index is 1.57. The number of esters is 1. The van der Waals surface area contributed by atoms with Crippen molar-refractivity contribution in [2.75, 3.05) is 38.2 Å². The number of anilines is 1. The first-order valence-electron chi connectivity index (χ1n) is 9.00. The quantitative estimate of drug-likeness (QED) is 0.771. The van der Waals surface area contributed by atoms with Crippen molar-refractivity contribution >= 4 is 17.7 Å². The summed E-state index contributed by atoms with van der Waals surface area (Å²) < 4.78 is 4.81. The third kappa shape index (κ3) is 4.08. The van der Waals surface area contributed by atoms with Gasteiger partial charge in [0.25, 0.3) is 0 Å². The highest BCUT2D eigenvalue weighted by Crippen LogP contribution is 2.25. The van der Waals surface area contributed by atoms with Gasteiger partial charge in [-0.1, -0.05) is 0 Å². The van der Waals surface area contributed by atoms with Crippen LogP contribution in [0.15, 0.2) is 12.1 Å². The Morgan fingerprint density at radius 3 is 2.48 bits per heavy atom. The number of amides is 1. The topological polar surface area (TPSA) is 75.6 Å². The molecule has 3 heterocycles. The van der Waals surface area contributed by atoms with Gasteiger partial charge in [0.15, 0.2) is 5.82 Å². The summed E-state index contributed by atoms with van der Waals surface area (Å²) in [7, 11) is 1.42. The van der Waals surface area contributed by atoms with Gasteiger partial charge in [-0.2, -0.15) is 5.10 Å². The molecular formula is C18H26N4O3. The predicted molar refractivity (Wildman–Crippen MR) is 93.0 cm³/mol. The number of aromatic nitrogens is 2. The first-order valence-corrected chi connectivity index (χ1v) is 9.00. The highest BCUT2D eigenvalue weighted by Gasteiger charge is 2.33. The summed E-state index contributed by atoms with van der Waals surface area (Å²) in [6, 6.07) is 3.92. The molecular weight excluding hydrogens is 320 g/mol. The lowest BCUT2D eigenvalue weighted by Crippen LogP contribution is -2.48. The molecule has 0 aliphatic carbocycles. The second-order valence-electron chi connectivity index (χ2n) is 6.94. The van der Waals surface area contributed by atoms with E-state index in [0.717, 1.165) is 30.9 Å². The van der Waals surface area contributed by atoms with Crippen molar-refractivity contribution in [3.05, 3.63) is 17.8 Å². The lowest BCUT2D eigenvalue weighted by atomic mass is 9.93. The Morgan fingerprint density at radius 2 is 1.84 bits per heavy atom. The molecule has 1 aromatic heterocycles. The van der Waals surface area contributed by atoms with Crippen molar-refractivity contribution in [2.24, 2.45) is 11.8 Å². The predicted octanol–water partition coefficient (Wildman–Crippen LogP) is 1.41. The maximum Gasteiger partial charge on any atom is 0.308 e. The second-order valence-corrected chi connectivity index (χ2v) is 6.94. The Bertz CT molecular complexity index is 611. The van der Waals surface area contributed by atoms with Gasteiger partial charge in [-0.25, -0.2) is 0 Å². The van der Waals surface area contributed by atoms with E-state index in [1.807, 2.05) is 24.0 Å². The van der Waals surface area contributed by atoms with E-state index in [1.54, 1.807) is 0 Å². The number of carbonyl (C=O) groups excluding carboxylic acids is 2. The minimum Gasteiger partial charge on any atom is -0.469 e. The Labute approximate surface area is 148 Å². The van der Waals surface area contributed by atoms with Gasteiger partial charge in [-0.05, 0) is 44.7 Å². The van der Waals surface area contributed by atoms with Crippen molar-refractivity contribution in [1.29, 1.82) is 0 Å². The van der Waals surface area contributed by atoms with Crippen LogP contribution in [0.4, 0.5) is 5.82 Å². The fraction of sp³-hybridized carbons (Fsp3) is 0.667. The number of carbonyl (C=O) groups is 2. The maximum atomic E-state index is 12.9. The molecule has 0 N–H and O–H groups in total. The second kappa shape index (κ2) is 7.80. The minimum absolute atomic E-state index is 0.00784. The molecule has 2 saturated heterocycles.